The van der Waals surface area contributed by atoms with E-state index < -0.39 is 5.91 Å². The molecule has 0 heterocycles. The highest BCUT2D eigenvalue weighted by Crippen LogP contribution is 2.31. The Morgan fingerprint density at radius 2 is 1.80 bits per heavy atom. The van der Waals surface area contributed by atoms with Gasteiger partial charge in [-0.3, -0.25) is 4.79 Å². The van der Waals surface area contributed by atoms with Gasteiger partial charge in [0.2, 0.25) is 0 Å². The van der Waals surface area contributed by atoms with Gasteiger partial charge in [-0.2, -0.15) is 10.5 Å². The third kappa shape index (κ3) is 6.54. The fourth-order valence-electron chi connectivity index (χ4n) is 3.20. The van der Waals surface area contributed by atoms with E-state index in [1.54, 1.807) is 42.5 Å². The van der Waals surface area contributed by atoms with Gasteiger partial charge in [-0.05, 0) is 55.0 Å². The average molecular weight is 488 g/mol. The second-order valence-electron chi connectivity index (χ2n) is 7.17. The zero-order chi connectivity index (χ0) is 25.2. The highest BCUT2D eigenvalue weighted by molar-refractivity contribution is 6.31. The Bertz CT molecular complexity index is 1340. The molecule has 0 spiro atoms. The van der Waals surface area contributed by atoms with E-state index in [9.17, 15) is 15.3 Å². The van der Waals surface area contributed by atoms with E-state index in [1.807, 2.05) is 25.1 Å². The lowest BCUT2D eigenvalue weighted by molar-refractivity contribution is -0.112. The summed E-state index contributed by atoms with van der Waals surface area (Å²) in [5.74, 6) is 0.728. The van der Waals surface area contributed by atoms with Gasteiger partial charge in [-0.25, -0.2) is 0 Å². The van der Waals surface area contributed by atoms with Crippen LogP contribution in [0.5, 0.6) is 17.2 Å². The van der Waals surface area contributed by atoms with Crippen molar-refractivity contribution in [3.63, 3.8) is 0 Å². The van der Waals surface area contributed by atoms with Crippen molar-refractivity contribution in [3.05, 3.63) is 87.9 Å². The van der Waals surface area contributed by atoms with Gasteiger partial charge in [0.25, 0.3) is 5.91 Å². The van der Waals surface area contributed by atoms with E-state index >= 15 is 0 Å². The molecule has 0 atom stereocenters. The first-order valence-corrected chi connectivity index (χ1v) is 11.0. The fourth-order valence-corrected chi connectivity index (χ4v) is 3.37. The molecule has 0 fully saturated rings. The smallest absolute Gasteiger partial charge is 0.266 e. The standard InChI is InChI=1S/C27H22ClN3O4/c1-3-34-26-13-18(8-10-25(26)35-17-20-7-5-4-6-19(20)15-29)12-21(16-30)27(32)31-23-14-22(28)9-11-24(23)33-2/h4-14H,3,17H2,1-2H3,(H,31,32)/b21-12+. The molecular weight excluding hydrogens is 466 g/mol. The number of nitriles is 2. The van der Waals surface area contributed by atoms with Crippen molar-refractivity contribution in [2.75, 3.05) is 19.0 Å². The average Bonchev–Trinajstić information content (AvgIpc) is 2.87. The maximum Gasteiger partial charge on any atom is 0.266 e. The maximum atomic E-state index is 12.7. The number of halogens is 1. The van der Waals surface area contributed by atoms with E-state index in [0.717, 1.165) is 5.56 Å². The molecule has 3 rings (SSSR count). The Hall–Kier alpha value is -4.46. The molecule has 1 N–H and O–H groups in total. The molecule has 0 unspecified atom stereocenters. The van der Waals surface area contributed by atoms with Crippen LogP contribution in [0.25, 0.3) is 6.08 Å². The molecule has 0 saturated heterocycles. The number of nitrogens with one attached hydrogen (secondary N) is 1. The Labute approximate surface area is 208 Å². The van der Waals surface area contributed by atoms with E-state index in [2.05, 4.69) is 11.4 Å². The number of ether oxygens (including phenoxy) is 3. The second kappa shape index (κ2) is 12.1. The van der Waals surface area contributed by atoms with E-state index in [0.29, 0.717) is 45.7 Å². The van der Waals surface area contributed by atoms with Crippen LogP contribution in [0.15, 0.2) is 66.2 Å². The van der Waals surface area contributed by atoms with E-state index in [4.69, 9.17) is 25.8 Å². The number of amides is 1. The van der Waals surface area contributed by atoms with Gasteiger partial charge in [-0.15, -0.1) is 0 Å². The Morgan fingerprint density at radius 1 is 1.03 bits per heavy atom. The lowest BCUT2D eigenvalue weighted by atomic mass is 10.1. The predicted octanol–water partition coefficient (Wildman–Crippen LogP) is 5.74. The third-order valence-corrected chi connectivity index (χ3v) is 5.11. The predicted molar refractivity (Wildman–Crippen MR) is 133 cm³/mol. The summed E-state index contributed by atoms with van der Waals surface area (Å²) in [5.41, 5.74) is 2.09. The Kier molecular flexibility index (Phi) is 8.72. The number of carbonyl (C=O) groups excluding carboxylic acids is 1. The lowest BCUT2D eigenvalue weighted by Crippen LogP contribution is -2.14. The SMILES string of the molecule is CCOc1cc(/C=C(\C#N)C(=O)Nc2cc(Cl)ccc2OC)ccc1OCc1ccccc1C#N. The molecule has 7 nitrogen and oxygen atoms in total. The largest absolute Gasteiger partial charge is 0.495 e. The van der Waals surface area contributed by atoms with Crippen LogP contribution in [0.2, 0.25) is 5.02 Å². The summed E-state index contributed by atoms with van der Waals surface area (Å²) >= 11 is 6.02. The molecule has 1 amide bonds. The van der Waals surface area contributed by atoms with Crippen molar-refractivity contribution in [1.82, 2.24) is 0 Å². The first kappa shape index (κ1) is 25.2. The fraction of sp³-hybridized carbons (Fsp3) is 0.148. The van der Waals surface area contributed by atoms with Gasteiger partial charge < -0.3 is 19.5 Å². The summed E-state index contributed by atoms with van der Waals surface area (Å²) in [7, 11) is 1.47. The molecule has 0 aromatic heterocycles. The molecule has 35 heavy (non-hydrogen) atoms. The van der Waals surface area contributed by atoms with Crippen LogP contribution in [0, 0.1) is 22.7 Å². The van der Waals surface area contributed by atoms with Crippen LogP contribution >= 0.6 is 11.6 Å². The summed E-state index contributed by atoms with van der Waals surface area (Å²) in [6.07, 6.45) is 1.45. The number of anilines is 1. The quantitative estimate of drug-likeness (QED) is 0.304. The van der Waals surface area contributed by atoms with Gasteiger partial charge in [0.1, 0.15) is 24.0 Å². The van der Waals surface area contributed by atoms with Crippen LogP contribution in [0.3, 0.4) is 0 Å². The van der Waals surface area contributed by atoms with Crippen molar-refractivity contribution < 1.29 is 19.0 Å². The number of benzene rings is 3. The number of hydrogen-bond acceptors (Lipinski definition) is 6. The minimum absolute atomic E-state index is 0.119. The molecule has 3 aromatic carbocycles. The summed E-state index contributed by atoms with van der Waals surface area (Å²) < 4.78 is 16.8. The molecule has 0 aliphatic rings. The first-order chi connectivity index (χ1) is 17.0. The van der Waals surface area contributed by atoms with E-state index in [1.165, 1.54) is 19.3 Å². The summed E-state index contributed by atoms with van der Waals surface area (Å²) in [4.78, 5) is 12.7. The number of nitrogens with zero attached hydrogens (tertiary/aromatic N) is 2. The van der Waals surface area contributed by atoms with Crippen LogP contribution in [-0.4, -0.2) is 19.6 Å². The van der Waals surface area contributed by atoms with Gasteiger partial charge >= 0.3 is 0 Å². The zero-order valence-corrected chi connectivity index (χ0v) is 19.9. The molecule has 0 saturated carbocycles. The third-order valence-electron chi connectivity index (χ3n) is 4.87. The molecular formula is C27H22ClN3O4. The van der Waals surface area contributed by atoms with Crippen molar-refractivity contribution >= 4 is 29.3 Å². The first-order valence-electron chi connectivity index (χ1n) is 10.6. The Balaban J connectivity index is 1.83. The summed E-state index contributed by atoms with van der Waals surface area (Å²) in [6, 6.07) is 21.1. The van der Waals surface area contributed by atoms with Gasteiger partial charge in [-0.1, -0.05) is 35.9 Å². The monoisotopic (exact) mass is 487 g/mol. The zero-order valence-electron chi connectivity index (χ0n) is 19.2. The highest BCUT2D eigenvalue weighted by atomic mass is 35.5. The molecule has 176 valence electrons. The van der Waals surface area contributed by atoms with Crippen LogP contribution in [0.1, 0.15) is 23.6 Å². The number of methoxy groups -OCH3 is 1. The van der Waals surface area contributed by atoms with Crippen molar-refractivity contribution in [2.45, 2.75) is 13.5 Å². The summed E-state index contributed by atoms with van der Waals surface area (Å²) in [6.45, 7) is 2.41. The maximum absolute atomic E-state index is 12.7. The van der Waals surface area contributed by atoms with E-state index in [-0.39, 0.29) is 12.2 Å². The normalized spacial score (nSPS) is 10.6. The molecule has 0 radical (unpaired) electrons. The van der Waals surface area contributed by atoms with Crippen LogP contribution in [0.4, 0.5) is 5.69 Å². The minimum Gasteiger partial charge on any atom is -0.495 e. The molecule has 3 aromatic rings. The van der Waals surface area contributed by atoms with Crippen LogP contribution in [-0.2, 0) is 11.4 Å². The molecule has 8 heteroatoms. The molecule has 0 aliphatic heterocycles. The highest BCUT2D eigenvalue weighted by Gasteiger charge is 2.14. The topological polar surface area (TPSA) is 104 Å². The number of carbonyl (C=O) groups is 1. The Morgan fingerprint density at radius 3 is 2.51 bits per heavy atom. The second-order valence-corrected chi connectivity index (χ2v) is 7.60. The van der Waals surface area contributed by atoms with Gasteiger partial charge in [0, 0.05) is 10.6 Å². The van der Waals surface area contributed by atoms with Crippen LogP contribution < -0.4 is 19.5 Å². The molecule has 0 bridgehead atoms. The van der Waals surface area contributed by atoms with Gasteiger partial charge in [0.15, 0.2) is 11.5 Å². The number of hydrogen-bond donors (Lipinski definition) is 1. The summed E-state index contributed by atoms with van der Waals surface area (Å²) in [5, 5.41) is 21.9. The lowest BCUT2D eigenvalue weighted by Gasteiger charge is -2.13. The van der Waals surface area contributed by atoms with Crippen molar-refractivity contribution in [2.24, 2.45) is 0 Å². The minimum atomic E-state index is -0.612. The van der Waals surface area contributed by atoms with Crippen molar-refractivity contribution in [3.8, 4) is 29.4 Å². The van der Waals surface area contributed by atoms with Crippen molar-refractivity contribution in [1.29, 1.82) is 10.5 Å². The number of rotatable bonds is 9. The van der Waals surface area contributed by atoms with Gasteiger partial charge in [0.05, 0.1) is 31.0 Å². The molecule has 0 aliphatic carbocycles.